The van der Waals surface area contributed by atoms with Crippen molar-refractivity contribution in [2.45, 2.75) is 26.9 Å². The molecule has 0 fully saturated rings. The second-order valence-electron chi connectivity index (χ2n) is 6.80. The van der Waals surface area contributed by atoms with Crippen LogP contribution in [-0.4, -0.2) is 27.9 Å². The van der Waals surface area contributed by atoms with E-state index in [-0.39, 0.29) is 5.91 Å². The Morgan fingerprint density at radius 2 is 1.73 bits per heavy atom. The molecule has 156 valence electrons. The summed E-state index contributed by atoms with van der Waals surface area (Å²) in [5, 5.41) is 7.89. The lowest BCUT2D eigenvalue weighted by molar-refractivity contribution is 0.0942. The number of hydrogen-bond acceptors (Lipinski definition) is 4. The summed E-state index contributed by atoms with van der Waals surface area (Å²) in [6.45, 7) is 4.84. The smallest absolute Gasteiger partial charge is 0.273 e. The number of aromatic nitrogens is 2. The van der Waals surface area contributed by atoms with Crippen LogP contribution in [0.15, 0.2) is 54.6 Å². The minimum absolute atomic E-state index is 0.280. The van der Waals surface area contributed by atoms with E-state index in [1.807, 2.05) is 73.1 Å². The molecule has 0 aliphatic heterocycles. The summed E-state index contributed by atoms with van der Waals surface area (Å²) >= 11 is 5.25. The van der Waals surface area contributed by atoms with Crippen molar-refractivity contribution in [3.8, 4) is 5.75 Å². The van der Waals surface area contributed by atoms with Crippen molar-refractivity contribution in [1.29, 1.82) is 0 Å². The van der Waals surface area contributed by atoms with Crippen molar-refractivity contribution in [3.05, 3.63) is 82.7 Å². The maximum absolute atomic E-state index is 12.7. The first-order chi connectivity index (χ1) is 14.5. The zero-order valence-electron chi connectivity index (χ0n) is 17.2. The zero-order valence-corrected chi connectivity index (χ0v) is 18.0. The second-order valence-corrected chi connectivity index (χ2v) is 7.21. The number of methoxy groups -OCH3 is 1. The molecule has 0 aliphatic carbocycles. The molecule has 0 saturated heterocycles. The van der Waals surface area contributed by atoms with Crippen LogP contribution in [0.25, 0.3) is 0 Å². The third-order valence-electron chi connectivity index (χ3n) is 4.69. The Hall–Kier alpha value is -3.39. The Kier molecular flexibility index (Phi) is 7.03. The third-order valence-corrected chi connectivity index (χ3v) is 4.93. The molecular weight excluding hydrogens is 398 g/mol. The Balaban J connectivity index is 1.54. The molecule has 0 atom stereocenters. The van der Waals surface area contributed by atoms with E-state index >= 15 is 0 Å². The van der Waals surface area contributed by atoms with E-state index in [1.165, 1.54) is 0 Å². The minimum atomic E-state index is -0.280. The van der Waals surface area contributed by atoms with Gasteiger partial charge in [0, 0.05) is 12.2 Å². The molecule has 1 amide bonds. The molecule has 0 unspecified atom stereocenters. The van der Waals surface area contributed by atoms with Gasteiger partial charge in [-0.1, -0.05) is 42.5 Å². The highest BCUT2D eigenvalue weighted by molar-refractivity contribution is 7.80. The van der Waals surface area contributed by atoms with Crippen LogP contribution >= 0.6 is 12.2 Å². The number of carbonyl (C=O) groups is 1. The Morgan fingerprint density at radius 3 is 2.40 bits per heavy atom. The van der Waals surface area contributed by atoms with Crippen LogP contribution in [0.1, 0.15) is 32.9 Å². The average molecular weight is 424 g/mol. The van der Waals surface area contributed by atoms with Crippen LogP contribution in [0.4, 0.5) is 0 Å². The fraction of sp³-hybridized carbons (Fsp3) is 0.227. The molecule has 3 N–H and O–H groups in total. The van der Waals surface area contributed by atoms with Crippen molar-refractivity contribution >= 4 is 23.2 Å². The highest BCUT2D eigenvalue weighted by atomic mass is 32.1. The first-order valence-corrected chi connectivity index (χ1v) is 9.94. The van der Waals surface area contributed by atoms with Crippen molar-refractivity contribution < 1.29 is 9.53 Å². The number of carbonyl (C=O) groups excluding carboxylic acids is 1. The highest BCUT2D eigenvalue weighted by Gasteiger charge is 2.18. The number of hydrazine groups is 1. The van der Waals surface area contributed by atoms with E-state index in [1.54, 1.807) is 7.11 Å². The molecule has 7 nitrogen and oxygen atoms in total. The van der Waals surface area contributed by atoms with Crippen molar-refractivity contribution in [2.24, 2.45) is 0 Å². The third kappa shape index (κ3) is 5.36. The number of hydrogen-bond donors (Lipinski definition) is 3. The van der Waals surface area contributed by atoms with E-state index in [4.69, 9.17) is 17.0 Å². The minimum Gasteiger partial charge on any atom is -0.497 e. The topological polar surface area (TPSA) is 80.2 Å². The van der Waals surface area contributed by atoms with Gasteiger partial charge in [0.05, 0.1) is 24.9 Å². The molecule has 0 aliphatic rings. The van der Waals surface area contributed by atoms with Crippen LogP contribution in [0.2, 0.25) is 0 Å². The van der Waals surface area contributed by atoms with Gasteiger partial charge in [-0.25, -0.2) is 0 Å². The highest BCUT2D eigenvalue weighted by Crippen LogP contribution is 2.15. The van der Waals surface area contributed by atoms with E-state index in [0.717, 1.165) is 22.6 Å². The van der Waals surface area contributed by atoms with Gasteiger partial charge >= 0.3 is 0 Å². The molecule has 0 radical (unpaired) electrons. The summed E-state index contributed by atoms with van der Waals surface area (Å²) in [7, 11) is 1.63. The number of nitrogens with zero attached hydrogens (tertiary/aromatic N) is 2. The molecular formula is C22H25N5O2S. The van der Waals surface area contributed by atoms with E-state index in [0.29, 0.717) is 29.5 Å². The van der Waals surface area contributed by atoms with E-state index < -0.39 is 0 Å². The molecule has 0 bridgehead atoms. The van der Waals surface area contributed by atoms with Gasteiger partial charge in [-0.2, -0.15) is 5.10 Å². The summed E-state index contributed by atoms with van der Waals surface area (Å²) < 4.78 is 6.98. The standard InChI is InChI=1S/C22H25N5O2S/c1-15-20(16(2)27(26-15)14-18-7-5-4-6-8-18)21(28)24-25-22(30)23-13-17-9-11-19(29-3)12-10-17/h4-12H,13-14H2,1-3H3,(H,24,28)(H2,23,25,30). The average Bonchev–Trinajstić information content (AvgIpc) is 3.04. The maximum Gasteiger partial charge on any atom is 0.273 e. The van der Waals surface area contributed by atoms with Gasteiger partial charge in [0.15, 0.2) is 5.11 Å². The summed E-state index contributed by atoms with van der Waals surface area (Å²) in [5.74, 6) is 0.517. The first kappa shape index (κ1) is 21.3. The lowest BCUT2D eigenvalue weighted by Crippen LogP contribution is -2.46. The monoisotopic (exact) mass is 423 g/mol. The van der Waals surface area contributed by atoms with Crippen LogP contribution < -0.4 is 20.9 Å². The molecule has 30 heavy (non-hydrogen) atoms. The predicted octanol–water partition coefficient (Wildman–Crippen LogP) is 2.87. The van der Waals surface area contributed by atoms with Gasteiger partial charge < -0.3 is 10.1 Å². The number of ether oxygens (including phenoxy) is 1. The number of aryl methyl sites for hydroxylation is 1. The number of benzene rings is 2. The quantitative estimate of drug-likeness (QED) is 0.418. The maximum atomic E-state index is 12.7. The lowest BCUT2D eigenvalue weighted by Gasteiger charge is -2.12. The molecule has 1 heterocycles. The van der Waals surface area contributed by atoms with Crippen LogP contribution in [0, 0.1) is 13.8 Å². The summed E-state index contributed by atoms with van der Waals surface area (Å²) in [6.07, 6.45) is 0. The molecule has 0 saturated carbocycles. The van der Waals surface area contributed by atoms with Crippen LogP contribution in [-0.2, 0) is 13.1 Å². The largest absolute Gasteiger partial charge is 0.497 e. The van der Waals surface area contributed by atoms with Crippen LogP contribution in [0.3, 0.4) is 0 Å². The zero-order chi connectivity index (χ0) is 21.5. The fourth-order valence-electron chi connectivity index (χ4n) is 3.08. The normalized spacial score (nSPS) is 10.4. The Labute approximate surface area is 181 Å². The van der Waals surface area contributed by atoms with Gasteiger partial charge in [-0.05, 0) is 49.3 Å². The van der Waals surface area contributed by atoms with Gasteiger partial charge in [-0.3, -0.25) is 20.3 Å². The number of thiocarbonyl (C=S) groups is 1. The predicted molar refractivity (Wildman–Crippen MR) is 120 cm³/mol. The van der Waals surface area contributed by atoms with Crippen LogP contribution in [0.5, 0.6) is 5.75 Å². The van der Waals surface area contributed by atoms with Gasteiger partial charge in [0.25, 0.3) is 5.91 Å². The van der Waals surface area contributed by atoms with Gasteiger partial charge in [0.2, 0.25) is 0 Å². The van der Waals surface area contributed by atoms with Gasteiger partial charge in [-0.15, -0.1) is 0 Å². The Bertz CT molecular complexity index is 1020. The van der Waals surface area contributed by atoms with Crippen molar-refractivity contribution in [3.63, 3.8) is 0 Å². The number of rotatable bonds is 6. The first-order valence-electron chi connectivity index (χ1n) is 9.53. The molecule has 3 aromatic rings. The van der Waals surface area contributed by atoms with Gasteiger partial charge in [0.1, 0.15) is 5.75 Å². The fourth-order valence-corrected chi connectivity index (χ4v) is 3.20. The second kappa shape index (κ2) is 9.89. The number of amides is 1. The Morgan fingerprint density at radius 1 is 1.03 bits per heavy atom. The summed E-state index contributed by atoms with van der Waals surface area (Å²) in [6, 6.07) is 17.7. The molecule has 3 rings (SSSR count). The molecule has 2 aromatic carbocycles. The molecule has 1 aromatic heterocycles. The van der Waals surface area contributed by atoms with E-state index in [9.17, 15) is 4.79 Å². The summed E-state index contributed by atoms with van der Waals surface area (Å²) in [5.41, 5.74) is 9.56. The SMILES string of the molecule is COc1ccc(CNC(=S)NNC(=O)c2c(C)nn(Cc3ccccc3)c2C)cc1. The van der Waals surface area contributed by atoms with Crippen molar-refractivity contribution in [1.82, 2.24) is 25.9 Å². The number of nitrogens with one attached hydrogen (secondary N) is 3. The van der Waals surface area contributed by atoms with Crippen molar-refractivity contribution in [2.75, 3.05) is 7.11 Å². The van der Waals surface area contributed by atoms with E-state index in [2.05, 4.69) is 21.3 Å². The molecule has 0 spiro atoms. The molecule has 8 heteroatoms. The summed E-state index contributed by atoms with van der Waals surface area (Å²) in [4.78, 5) is 12.7. The lowest BCUT2D eigenvalue weighted by atomic mass is 10.2.